The first-order chi connectivity index (χ1) is 14.4. The van der Waals surface area contributed by atoms with Crippen LogP contribution in [0.2, 0.25) is 5.02 Å². The number of nitrogens with one attached hydrogen (secondary N) is 1. The minimum absolute atomic E-state index is 0.0788. The minimum Gasteiger partial charge on any atom is -0.357 e. The first kappa shape index (κ1) is 18.6. The number of pyridine rings is 1. The fraction of sp³-hybridized carbons (Fsp3) is 0.182. The number of aromatic nitrogens is 6. The number of benzene rings is 1. The van der Waals surface area contributed by atoms with Gasteiger partial charge < -0.3 is 14.1 Å². The number of imidazole rings is 1. The molecule has 7 nitrogen and oxygen atoms in total. The molecule has 0 amide bonds. The molecule has 0 aliphatic heterocycles. The first-order valence-electron chi connectivity index (χ1n) is 9.54. The zero-order valence-electron chi connectivity index (χ0n) is 16.8. The number of aryl methyl sites for hydroxylation is 3. The van der Waals surface area contributed by atoms with Gasteiger partial charge in [0.15, 0.2) is 11.3 Å². The predicted molar refractivity (Wildman–Crippen MR) is 118 cm³/mol. The van der Waals surface area contributed by atoms with Crippen molar-refractivity contribution in [3.8, 4) is 11.3 Å². The summed E-state index contributed by atoms with van der Waals surface area (Å²) in [6, 6.07) is 7.92. The highest BCUT2D eigenvalue weighted by Gasteiger charge is 2.16. The highest BCUT2D eigenvalue weighted by molar-refractivity contribution is 6.31. The van der Waals surface area contributed by atoms with Crippen molar-refractivity contribution in [1.29, 1.82) is 0 Å². The molecule has 0 unspecified atom stereocenters. The Hall–Kier alpha value is -3.45. The third-order valence-electron chi connectivity index (χ3n) is 5.40. The van der Waals surface area contributed by atoms with Gasteiger partial charge in [-0.25, -0.2) is 15.0 Å². The fourth-order valence-corrected chi connectivity index (χ4v) is 3.91. The van der Waals surface area contributed by atoms with Gasteiger partial charge in [0, 0.05) is 35.4 Å². The van der Waals surface area contributed by atoms with Crippen molar-refractivity contribution < 1.29 is 0 Å². The Labute approximate surface area is 177 Å². The van der Waals surface area contributed by atoms with Crippen LogP contribution in [0.1, 0.15) is 17.0 Å². The molecule has 0 aliphatic carbocycles. The Balaban J connectivity index is 1.67. The van der Waals surface area contributed by atoms with Gasteiger partial charge in [-0.15, -0.1) is 0 Å². The van der Waals surface area contributed by atoms with Crippen LogP contribution in [0.4, 0.5) is 0 Å². The summed E-state index contributed by atoms with van der Waals surface area (Å²) in [7, 11) is 1.73. The van der Waals surface area contributed by atoms with Gasteiger partial charge in [0.2, 0.25) is 0 Å². The number of fused-ring (bicyclic) bond motifs is 2. The van der Waals surface area contributed by atoms with Gasteiger partial charge in [0.25, 0.3) is 5.56 Å². The van der Waals surface area contributed by atoms with E-state index in [9.17, 15) is 4.79 Å². The highest BCUT2D eigenvalue weighted by atomic mass is 35.5. The minimum atomic E-state index is -0.0788. The lowest BCUT2D eigenvalue weighted by Gasteiger charge is -2.09. The Morgan fingerprint density at radius 3 is 2.80 bits per heavy atom. The summed E-state index contributed by atoms with van der Waals surface area (Å²) in [5.74, 6) is 0.825. The maximum Gasteiger partial charge on any atom is 0.274 e. The lowest BCUT2D eigenvalue weighted by atomic mass is 10.1. The Bertz CT molecular complexity index is 1490. The van der Waals surface area contributed by atoms with Crippen LogP contribution in [-0.2, 0) is 13.6 Å². The molecular weight excluding hydrogens is 400 g/mol. The molecule has 4 heterocycles. The molecule has 30 heavy (non-hydrogen) atoms. The zero-order chi connectivity index (χ0) is 21.0. The lowest BCUT2D eigenvalue weighted by Crippen LogP contribution is -2.16. The number of hydrogen-bond acceptors (Lipinski definition) is 4. The number of H-pyrrole nitrogens is 1. The molecule has 0 fully saturated rings. The molecule has 5 aromatic rings. The fourth-order valence-electron chi connectivity index (χ4n) is 3.71. The van der Waals surface area contributed by atoms with Crippen LogP contribution in [0.25, 0.3) is 33.5 Å². The smallest absolute Gasteiger partial charge is 0.274 e. The van der Waals surface area contributed by atoms with E-state index in [0.29, 0.717) is 29.0 Å². The molecule has 150 valence electrons. The molecule has 8 heteroatoms. The molecule has 0 saturated heterocycles. The normalized spacial score (nSPS) is 11.6. The first-order valence-corrected chi connectivity index (χ1v) is 9.92. The average molecular weight is 419 g/mol. The Kier molecular flexibility index (Phi) is 4.22. The third-order valence-corrected chi connectivity index (χ3v) is 5.80. The number of nitrogens with zero attached hydrogens (tertiary/aromatic N) is 5. The van der Waals surface area contributed by atoms with Crippen LogP contribution in [0, 0.1) is 13.8 Å². The van der Waals surface area contributed by atoms with Crippen LogP contribution in [0.15, 0.2) is 47.7 Å². The predicted octanol–water partition coefficient (Wildman–Crippen LogP) is 3.99. The number of hydrogen-bond donors (Lipinski definition) is 1. The Morgan fingerprint density at radius 2 is 2.00 bits per heavy atom. The molecule has 4 aromatic heterocycles. The van der Waals surface area contributed by atoms with E-state index in [1.54, 1.807) is 30.2 Å². The van der Waals surface area contributed by atoms with E-state index >= 15 is 0 Å². The van der Waals surface area contributed by atoms with E-state index in [1.807, 2.05) is 36.6 Å². The quantitative estimate of drug-likeness (QED) is 0.480. The van der Waals surface area contributed by atoms with Crippen molar-refractivity contribution in [2.75, 3.05) is 0 Å². The molecule has 0 atom stereocenters. The largest absolute Gasteiger partial charge is 0.357 e. The van der Waals surface area contributed by atoms with Crippen molar-refractivity contribution in [3.63, 3.8) is 0 Å². The molecule has 0 spiro atoms. The summed E-state index contributed by atoms with van der Waals surface area (Å²) in [5, 5.41) is 1.56. The van der Waals surface area contributed by atoms with Gasteiger partial charge in [-0.2, -0.15) is 0 Å². The molecule has 0 radical (unpaired) electrons. The van der Waals surface area contributed by atoms with Crippen LogP contribution in [0.3, 0.4) is 0 Å². The van der Waals surface area contributed by atoms with Crippen molar-refractivity contribution in [3.05, 3.63) is 75.2 Å². The zero-order valence-corrected chi connectivity index (χ0v) is 17.5. The van der Waals surface area contributed by atoms with E-state index in [4.69, 9.17) is 16.6 Å². The van der Waals surface area contributed by atoms with Crippen LogP contribution in [-0.4, -0.2) is 29.1 Å². The second-order valence-corrected chi connectivity index (χ2v) is 7.86. The summed E-state index contributed by atoms with van der Waals surface area (Å²) in [6.07, 6.45) is 5.26. The Morgan fingerprint density at radius 1 is 1.17 bits per heavy atom. The maximum atomic E-state index is 12.4. The highest BCUT2D eigenvalue weighted by Crippen LogP contribution is 2.26. The third kappa shape index (κ3) is 2.90. The van der Waals surface area contributed by atoms with E-state index in [2.05, 4.69) is 21.0 Å². The molecule has 0 aliphatic rings. The van der Waals surface area contributed by atoms with Gasteiger partial charge in [-0.1, -0.05) is 23.7 Å². The monoisotopic (exact) mass is 418 g/mol. The van der Waals surface area contributed by atoms with Crippen LogP contribution < -0.4 is 5.56 Å². The van der Waals surface area contributed by atoms with Crippen molar-refractivity contribution >= 4 is 33.8 Å². The molecule has 5 rings (SSSR count). The molecule has 1 aromatic carbocycles. The van der Waals surface area contributed by atoms with Gasteiger partial charge in [-0.3, -0.25) is 4.79 Å². The van der Waals surface area contributed by atoms with Gasteiger partial charge >= 0.3 is 0 Å². The molecule has 1 N–H and O–H groups in total. The molecule has 0 bridgehead atoms. The SMILES string of the molecule is Cc1ccc(Cn2c(C)nc3ncc(-c4cn(C)c(=O)c5[nH]ccc45)nc32)cc1Cl. The molecular formula is C22H19ClN6O. The van der Waals surface area contributed by atoms with Gasteiger partial charge in [-0.05, 0) is 37.1 Å². The average Bonchev–Trinajstić information content (AvgIpc) is 3.33. The standard InChI is InChI=1S/C22H19ClN6O/c1-12-4-5-14(8-17(12)23)10-29-13(2)26-20-21(29)27-18(9-25-20)16-11-28(3)22(30)19-15(16)6-7-24-19/h4-9,11,24H,10H2,1-3H3. The van der Waals surface area contributed by atoms with Crippen molar-refractivity contribution in [2.24, 2.45) is 7.05 Å². The number of aromatic amines is 1. The van der Waals surface area contributed by atoms with Crippen molar-refractivity contribution in [1.82, 2.24) is 29.1 Å². The summed E-state index contributed by atoms with van der Waals surface area (Å²) in [6.45, 7) is 4.51. The van der Waals surface area contributed by atoms with E-state index in [1.165, 1.54) is 0 Å². The van der Waals surface area contributed by atoms with Crippen LogP contribution >= 0.6 is 11.6 Å². The topological polar surface area (TPSA) is 81.4 Å². The maximum absolute atomic E-state index is 12.4. The summed E-state index contributed by atoms with van der Waals surface area (Å²) >= 11 is 6.31. The summed E-state index contributed by atoms with van der Waals surface area (Å²) < 4.78 is 3.58. The summed E-state index contributed by atoms with van der Waals surface area (Å²) in [5.41, 5.74) is 5.39. The van der Waals surface area contributed by atoms with E-state index in [-0.39, 0.29) is 5.56 Å². The van der Waals surface area contributed by atoms with E-state index in [0.717, 1.165) is 32.9 Å². The second-order valence-electron chi connectivity index (χ2n) is 7.46. The number of halogens is 1. The molecule has 0 saturated carbocycles. The van der Waals surface area contributed by atoms with Crippen LogP contribution in [0.5, 0.6) is 0 Å². The lowest BCUT2D eigenvalue weighted by molar-refractivity contribution is 0.777. The van der Waals surface area contributed by atoms with Gasteiger partial charge in [0.05, 0.1) is 18.4 Å². The second kappa shape index (κ2) is 6.81. The van der Waals surface area contributed by atoms with Gasteiger partial charge in [0.1, 0.15) is 11.3 Å². The summed E-state index contributed by atoms with van der Waals surface area (Å²) in [4.78, 5) is 29.4. The van der Waals surface area contributed by atoms with E-state index < -0.39 is 0 Å². The number of rotatable bonds is 3. The van der Waals surface area contributed by atoms with Crippen molar-refractivity contribution in [2.45, 2.75) is 20.4 Å².